The summed E-state index contributed by atoms with van der Waals surface area (Å²) in [5.74, 6) is 0. The number of aromatic nitrogens is 1. The Labute approximate surface area is 117 Å². The molecule has 0 amide bonds. The van der Waals surface area contributed by atoms with Crippen molar-refractivity contribution < 1.29 is 0 Å². The van der Waals surface area contributed by atoms with Gasteiger partial charge in [-0.3, -0.25) is 0 Å². The highest BCUT2D eigenvalue weighted by Crippen LogP contribution is 2.39. The predicted octanol–water partition coefficient (Wildman–Crippen LogP) is 4.54. The van der Waals surface area contributed by atoms with Crippen molar-refractivity contribution in [1.82, 2.24) is 4.98 Å². The average Bonchev–Trinajstić information content (AvgIpc) is 2.96. The molecular formula is C12H13BrN2S2. The lowest BCUT2D eigenvalue weighted by atomic mass is 10.4. The van der Waals surface area contributed by atoms with Gasteiger partial charge in [0.2, 0.25) is 0 Å². The minimum absolute atomic E-state index is 1.15. The summed E-state index contributed by atoms with van der Waals surface area (Å²) in [6.45, 7) is 4.50. The van der Waals surface area contributed by atoms with Crippen LogP contribution in [0.5, 0.6) is 0 Å². The lowest BCUT2D eigenvalue weighted by Gasteiger charge is -2.14. The fraction of sp³-hybridized carbons (Fsp3) is 0.417. The van der Waals surface area contributed by atoms with Crippen LogP contribution >= 0.6 is 38.6 Å². The molecule has 0 aromatic carbocycles. The van der Waals surface area contributed by atoms with Gasteiger partial charge >= 0.3 is 0 Å². The maximum atomic E-state index is 4.71. The van der Waals surface area contributed by atoms with E-state index in [0.717, 1.165) is 5.01 Å². The first-order valence-corrected chi connectivity index (χ1v) is 8.15. The number of aryl methyl sites for hydroxylation is 1. The van der Waals surface area contributed by atoms with Crippen LogP contribution in [0.3, 0.4) is 0 Å². The van der Waals surface area contributed by atoms with Crippen LogP contribution in [0, 0.1) is 6.92 Å². The third kappa shape index (κ3) is 2.28. The zero-order chi connectivity index (χ0) is 11.8. The quantitative estimate of drug-likeness (QED) is 0.804. The molecular weight excluding hydrogens is 316 g/mol. The van der Waals surface area contributed by atoms with Crippen molar-refractivity contribution in [2.45, 2.75) is 19.8 Å². The molecule has 2 aromatic heterocycles. The van der Waals surface area contributed by atoms with Gasteiger partial charge in [0, 0.05) is 13.1 Å². The monoisotopic (exact) mass is 328 g/mol. The van der Waals surface area contributed by atoms with Crippen LogP contribution in [-0.4, -0.2) is 18.1 Å². The van der Waals surface area contributed by atoms with Crippen molar-refractivity contribution >= 4 is 43.6 Å². The molecule has 17 heavy (non-hydrogen) atoms. The first kappa shape index (κ1) is 11.7. The van der Waals surface area contributed by atoms with Gasteiger partial charge < -0.3 is 4.90 Å². The molecule has 2 aromatic rings. The molecule has 1 aliphatic heterocycles. The van der Waals surface area contributed by atoms with E-state index in [4.69, 9.17) is 4.98 Å². The maximum absolute atomic E-state index is 4.71. The van der Waals surface area contributed by atoms with E-state index in [1.807, 2.05) is 11.3 Å². The van der Waals surface area contributed by atoms with Crippen molar-refractivity contribution in [3.8, 4) is 9.88 Å². The van der Waals surface area contributed by atoms with Crippen LogP contribution in [0.4, 0.5) is 5.00 Å². The molecule has 0 spiro atoms. The van der Waals surface area contributed by atoms with Crippen LogP contribution in [0.15, 0.2) is 15.9 Å². The van der Waals surface area contributed by atoms with Crippen LogP contribution in [0.25, 0.3) is 9.88 Å². The van der Waals surface area contributed by atoms with Crippen LogP contribution in [0.1, 0.15) is 18.5 Å². The Morgan fingerprint density at radius 2 is 2.00 bits per heavy atom. The highest BCUT2D eigenvalue weighted by molar-refractivity contribution is 9.11. The molecule has 90 valence electrons. The zero-order valence-corrected chi connectivity index (χ0v) is 12.8. The second-order valence-corrected chi connectivity index (χ2v) is 7.65. The molecule has 0 radical (unpaired) electrons. The zero-order valence-electron chi connectivity index (χ0n) is 9.57. The molecule has 1 saturated heterocycles. The summed E-state index contributed by atoms with van der Waals surface area (Å²) < 4.78 is 1.17. The van der Waals surface area contributed by atoms with Crippen LogP contribution < -0.4 is 4.90 Å². The lowest BCUT2D eigenvalue weighted by Crippen LogP contribution is -2.16. The van der Waals surface area contributed by atoms with Crippen molar-refractivity contribution in [2.24, 2.45) is 0 Å². The molecule has 0 saturated carbocycles. The van der Waals surface area contributed by atoms with E-state index in [9.17, 15) is 0 Å². The van der Waals surface area contributed by atoms with Gasteiger partial charge in [-0.2, -0.15) is 0 Å². The molecule has 5 heteroatoms. The van der Waals surface area contributed by atoms with Gasteiger partial charge in [-0.05, 0) is 47.8 Å². The van der Waals surface area contributed by atoms with Gasteiger partial charge in [0.25, 0.3) is 0 Å². The molecule has 0 N–H and O–H groups in total. The average molecular weight is 329 g/mol. The first-order valence-electron chi connectivity index (χ1n) is 5.72. The summed E-state index contributed by atoms with van der Waals surface area (Å²) in [5, 5.41) is 2.52. The Balaban J connectivity index is 1.94. The topological polar surface area (TPSA) is 16.1 Å². The van der Waals surface area contributed by atoms with Crippen LogP contribution in [0.2, 0.25) is 0 Å². The minimum Gasteiger partial charge on any atom is -0.362 e. The van der Waals surface area contributed by atoms with Crippen molar-refractivity contribution in [3.63, 3.8) is 0 Å². The Kier molecular flexibility index (Phi) is 3.23. The van der Waals surface area contributed by atoms with Gasteiger partial charge in [-0.1, -0.05) is 11.3 Å². The lowest BCUT2D eigenvalue weighted by molar-refractivity contribution is 0.949. The van der Waals surface area contributed by atoms with Gasteiger partial charge in [0.1, 0.15) is 10.0 Å². The number of hydrogen-bond donors (Lipinski definition) is 0. The SMILES string of the molecule is Cc1nc(-c2ccc(Br)s2)sc1N1CCCC1. The van der Waals surface area contributed by atoms with Gasteiger partial charge in [0.15, 0.2) is 0 Å². The second-order valence-electron chi connectivity index (χ2n) is 4.21. The second kappa shape index (κ2) is 4.71. The molecule has 1 fully saturated rings. The van der Waals surface area contributed by atoms with Gasteiger partial charge in [-0.25, -0.2) is 4.98 Å². The third-order valence-electron chi connectivity index (χ3n) is 2.95. The Hall–Kier alpha value is -0.390. The smallest absolute Gasteiger partial charge is 0.135 e. The number of thiophene rings is 1. The fourth-order valence-corrected chi connectivity index (χ4v) is 4.70. The van der Waals surface area contributed by atoms with E-state index in [2.05, 4.69) is 39.9 Å². The molecule has 3 rings (SSSR count). The van der Waals surface area contributed by atoms with Crippen molar-refractivity contribution in [1.29, 1.82) is 0 Å². The summed E-state index contributed by atoms with van der Waals surface area (Å²) >= 11 is 7.09. The molecule has 2 nitrogen and oxygen atoms in total. The van der Waals surface area contributed by atoms with E-state index < -0.39 is 0 Å². The van der Waals surface area contributed by atoms with Crippen LogP contribution in [-0.2, 0) is 0 Å². The minimum atomic E-state index is 1.15. The molecule has 0 atom stereocenters. The Morgan fingerprint density at radius 3 is 2.65 bits per heavy atom. The van der Waals surface area contributed by atoms with Gasteiger partial charge in [0.05, 0.1) is 14.4 Å². The number of anilines is 1. The summed E-state index contributed by atoms with van der Waals surface area (Å²) in [6.07, 6.45) is 2.63. The molecule has 1 aliphatic rings. The summed E-state index contributed by atoms with van der Waals surface area (Å²) in [6, 6.07) is 4.23. The standard InChI is InChI=1S/C12H13BrN2S2/c1-8-12(15-6-2-3-7-15)17-11(14-8)9-4-5-10(13)16-9/h4-5H,2-3,6-7H2,1H3. The Morgan fingerprint density at radius 1 is 1.24 bits per heavy atom. The highest BCUT2D eigenvalue weighted by Gasteiger charge is 2.19. The number of thiazole rings is 1. The van der Waals surface area contributed by atoms with E-state index >= 15 is 0 Å². The van der Waals surface area contributed by atoms with Crippen molar-refractivity contribution in [3.05, 3.63) is 21.6 Å². The number of nitrogens with zero attached hydrogens (tertiary/aromatic N) is 2. The molecule has 3 heterocycles. The normalized spacial score (nSPS) is 15.8. The molecule has 0 bridgehead atoms. The summed E-state index contributed by atoms with van der Waals surface area (Å²) in [7, 11) is 0. The van der Waals surface area contributed by atoms with Crippen molar-refractivity contribution in [2.75, 3.05) is 18.0 Å². The van der Waals surface area contributed by atoms with E-state index in [1.165, 1.54) is 45.3 Å². The third-order valence-corrected chi connectivity index (χ3v) is 5.96. The highest BCUT2D eigenvalue weighted by atomic mass is 79.9. The summed E-state index contributed by atoms with van der Waals surface area (Å²) in [4.78, 5) is 8.44. The van der Waals surface area contributed by atoms with E-state index in [0.29, 0.717) is 0 Å². The largest absolute Gasteiger partial charge is 0.362 e. The first-order chi connectivity index (χ1) is 8.24. The predicted molar refractivity (Wildman–Crippen MR) is 79.3 cm³/mol. The molecule has 0 aliphatic carbocycles. The number of hydrogen-bond acceptors (Lipinski definition) is 4. The Bertz CT molecular complexity index is 526. The molecule has 0 unspecified atom stereocenters. The maximum Gasteiger partial charge on any atom is 0.135 e. The number of rotatable bonds is 2. The van der Waals surface area contributed by atoms with E-state index in [1.54, 1.807) is 11.3 Å². The van der Waals surface area contributed by atoms with E-state index in [-0.39, 0.29) is 0 Å². The van der Waals surface area contributed by atoms with Gasteiger partial charge in [-0.15, -0.1) is 11.3 Å². The fourth-order valence-electron chi connectivity index (χ4n) is 2.14. The number of halogens is 1. The summed E-state index contributed by atoms with van der Waals surface area (Å²) in [5.41, 5.74) is 1.18.